The minimum atomic E-state index is -0.704. The highest BCUT2D eigenvalue weighted by Gasteiger charge is 2.50. The molecule has 2 aliphatic heterocycles. The van der Waals surface area contributed by atoms with Gasteiger partial charge < -0.3 is 14.2 Å². The Bertz CT molecular complexity index is 604. The third-order valence-electron chi connectivity index (χ3n) is 4.19. The fourth-order valence-electron chi connectivity index (χ4n) is 3.03. The zero-order valence-electron chi connectivity index (χ0n) is 14.2. The lowest BCUT2D eigenvalue weighted by molar-refractivity contribution is -0.148. The molecule has 2 saturated heterocycles. The number of hydrogen-bond donors (Lipinski definition) is 0. The topological polar surface area (TPSA) is 65.1 Å². The van der Waals surface area contributed by atoms with Gasteiger partial charge in [-0.25, -0.2) is 4.79 Å². The summed E-state index contributed by atoms with van der Waals surface area (Å²) in [5.41, 5.74) is 0.134. The van der Waals surface area contributed by atoms with Crippen LogP contribution in [-0.4, -0.2) is 48.5 Å². The summed E-state index contributed by atoms with van der Waals surface area (Å²) in [6, 6.07) is 8.23. The number of carbonyl (C=O) groups is 2. The number of rotatable bonds is 3. The van der Waals surface area contributed by atoms with Crippen molar-refractivity contribution < 1.29 is 23.8 Å². The molecular formula is C18H23NO5. The van der Waals surface area contributed by atoms with Crippen molar-refractivity contribution in [1.82, 2.24) is 4.90 Å². The molecule has 2 heterocycles. The molecule has 6 heteroatoms. The van der Waals surface area contributed by atoms with Crippen molar-refractivity contribution >= 4 is 11.9 Å². The van der Waals surface area contributed by atoms with Gasteiger partial charge in [-0.15, -0.1) is 0 Å². The van der Waals surface area contributed by atoms with Crippen LogP contribution in [0.25, 0.3) is 0 Å². The minimum absolute atomic E-state index is 0.218. The first-order chi connectivity index (χ1) is 11.4. The molecule has 0 bridgehead atoms. The fraction of sp³-hybridized carbons (Fsp3) is 0.556. The molecule has 24 heavy (non-hydrogen) atoms. The maximum absolute atomic E-state index is 13.0. The number of benzene rings is 1. The van der Waals surface area contributed by atoms with Crippen molar-refractivity contribution in [1.29, 1.82) is 0 Å². The Hall–Kier alpha value is -1.92. The number of amides is 1. The Morgan fingerprint density at radius 2 is 1.79 bits per heavy atom. The van der Waals surface area contributed by atoms with E-state index in [-0.39, 0.29) is 12.3 Å². The van der Waals surface area contributed by atoms with E-state index in [4.69, 9.17) is 14.2 Å². The predicted octanol–water partition coefficient (Wildman–Crippen LogP) is 2.19. The Morgan fingerprint density at radius 1 is 1.17 bits per heavy atom. The van der Waals surface area contributed by atoms with E-state index in [1.807, 2.05) is 26.8 Å². The Morgan fingerprint density at radius 3 is 2.38 bits per heavy atom. The molecule has 2 aliphatic rings. The van der Waals surface area contributed by atoms with Gasteiger partial charge in [0.05, 0.1) is 13.2 Å². The van der Waals surface area contributed by atoms with Gasteiger partial charge in [0.15, 0.2) is 12.5 Å². The average Bonchev–Trinajstić information content (AvgIpc) is 3.16. The van der Waals surface area contributed by atoms with E-state index in [1.165, 1.54) is 0 Å². The largest absolute Gasteiger partial charge is 0.439 e. The average molecular weight is 333 g/mol. The van der Waals surface area contributed by atoms with Gasteiger partial charge in [0.1, 0.15) is 6.04 Å². The van der Waals surface area contributed by atoms with E-state index in [2.05, 4.69) is 0 Å². The Balaban J connectivity index is 1.90. The number of esters is 1. The number of ether oxygens (including phenoxy) is 3. The van der Waals surface area contributed by atoms with Crippen molar-refractivity contribution in [2.45, 2.75) is 45.8 Å². The van der Waals surface area contributed by atoms with Crippen LogP contribution in [0.15, 0.2) is 30.3 Å². The van der Waals surface area contributed by atoms with E-state index < -0.39 is 29.9 Å². The highest BCUT2D eigenvalue weighted by Crippen LogP contribution is 2.35. The molecule has 1 aromatic rings. The van der Waals surface area contributed by atoms with Gasteiger partial charge in [-0.05, 0) is 12.1 Å². The van der Waals surface area contributed by atoms with E-state index >= 15 is 0 Å². The number of nitrogens with zero attached hydrogens (tertiary/aromatic N) is 1. The Kier molecular flexibility index (Phi) is 4.60. The van der Waals surface area contributed by atoms with Crippen molar-refractivity contribution in [2.75, 3.05) is 13.2 Å². The highest BCUT2D eigenvalue weighted by molar-refractivity contribution is 5.98. The third kappa shape index (κ3) is 3.30. The smallest absolute Gasteiger partial charge is 0.331 e. The predicted molar refractivity (Wildman–Crippen MR) is 86.0 cm³/mol. The zero-order chi connectivity index (χ0) is 17.3. The minimum Gasteiger partial charge on any atom is -0.439 e. The molecule has 130 valence electrons. The lowest BCUT2D eigenvalue weighted by atomic mass is 9.92. The van der Waals surface area contributed by atoms with Crippen LogP contribution in [0.5, 0.6) is 0 Å². The zero-order valence-corrected chi connectivity index (χ0v) is 14.2. The second-order valence-electron chi connectivity index (χ2n) is 7.16. The lowest BCUT2D eigenvalue weighted by Crippen LogP contribution is -2.48. The summed E-state index contributed by atoms with van der Waals surface area (Å²) >= 11 is 0. The molecule has 0 unspecified atom stereocenters. The van der Waals surface area contributed by atoms with Gasteiger partial charge in [0.25, 0.3) is 5.91 Å². The molecule has 0 radical (unpaired) electrons. The molecule has 0 aliphatic carbocycles. The molecule has 0 N–H and O–H groups in total. The summed E-state index contributed by atoms with van der Waals surface area (Å²) in [7, 11) is 0. The molecular weight excluding hydrogens is 310 g/mol. The number of hydrogen-bond acceptors (Lipinski definition) is 5. The van der Waals surface area contributed by atoms with Crippen LogP contribution in [0.1, 0.15) is 37.6 Å². The van der Waals surface area contributed by atoms with Crippen LogP contribution in [-0.2, 0) is 19.0 Å². The van der Waals surface area contributed by atoms with Gasteiger partial charge in [-0.1, -0.05) is 39.0 Å². The molecule has 1 amide bonds. The van der Waals surface area contributed by atoms with Gasteiger partial charge in [0, 0.05) is 17.4 Å². The second kappa shape index (κ2) is 6.53. The van der Waals surface area contributed by atoms with Crippen molar-refractivity contribution in [3.8, 4) is 0 Å². The summed E-state index contributed by atoms with van der Waals surface area (Å²) in [6.45, 7) is 6.84. The third-order valence-corrected chi connectivity index (χ3v) is 4.19. The first-order valence-electron chi connectivity index (χ1n) is 8.19. The van der Waals surface area contributed by atoms with Gasteiger partial charge >= 0.3 is 5.97 Å². The molecule has 1 aromatic carbocycles. The summed E-state index contributed by atoms with van der Waals surface area (Å²) in [5.74, 6) is -0.623. The van der Waals surface area contributed by atoms with Crippen LogP contribution in [0.4, 0.5) is 0 Å². The van der Waals surface area contributed by atoms with E-state index in [0.717, 1.165) is 0 Å². The summed E-state index contributed by atoms with van der Waals surface area (Å²) in [4.78, 5) is 27.0. The fourth-order valence-corrected chi connectivity index (χ4v) is 3.03. The maximum atomic E-state index is 13.0. The molecule has 0 saturated carbocycles. The number of carbonyl (C=O) groups excluding carboxylic acids is 2. The molecule has 2 atom stereocenters. The van der Waals surface area contributed by atoms with Gasteiger partial charge in [-0.3, -0.25) is 9.69 Å². The highest BCUT2D eigenvalue weighted by atomic mass is 16.7. The first kappa shape index (κ1) is 16.9. The summed E-state index contributed by atoms with van der Waals surface area (Å²) in [5, 5.41) is 0. The van der Waals surface area contributed by atoms with Gasteiger partial charge in [0.2, 0.25) is 0 Å². The van der Waals surface area contributed by atoms with Crippen LogP contribution < -0.4 is 0 Å². The summed E-state index contributed by atoms with van der Waals surface area (Å²) in [6.07, 6.45) is -0.819. The van der Waals surface area contributed by atoms with E-state index in [9.17, 15) is 9.59 Å². The molecule has 2 fully saturated rings. The lowest BCUT2D eigenvalue weighted by Gasteiger charge is -2.34. The SMILES string of the molecule is CC(C)(C)[C@@H]1OC(=O)[C@@H](CC2OCCO2)N1C(=O)c1ccccc1. The summed E-state index contributed by atoms with van der Waals surface area (Å²) < 4.78 is 16.5. The monoisotopic (exact) mass is 333 g/mol. The second-order valence-corrected chi connectivity index (χ2v) is 7.16. The molecule has 0 spiro atoms. The maximum Gasteiger partial charge on any atom is 0.331 e. The van der Waals surface area contributed by atoms with E-state index in [0.29, 0.717) is 18.8 Å². The quantitative estimate of drug-likeness (QED) is 0.793. The normalized spacial score (nSPS) is 25.1. The standard InChI is InChI=1S/C18H23NO5/c1-18(2,3)17-19(15(20)12-7-5-4-6-8-12)13(16(21)24-17)11-14-22-9-10-23-14/h4-8,13-14,17H,9-11H2,1-3H3/t13-,17+/m1/s1. The Labute approximate surface area is 141 Å². The van der Waals surface area contributed by atoms with Crippen LogP contribution in [0.2, 0.25) is 0 Å². The van der Waals surface area contributed by atoms with Crippen LogP contribution in [0.3, 0.4) is 0 Å². The molecule has 3 rings (SSSR count). The molecule has 0 aromatic heterocycles. The van der Waals surface area contributed by atoms with Crippen LogP contribution >= 0.6 is 0 Å². The van der Waals surface area contributed by atoms with E-state index in [1.54, 1.807) is 29.2 Å². The van der Waals surface area contributed by atoms with Gasteiger partial charge in [-0.2, -0.15) is 0 Å². The van der Waals surface area contributed by atoms with Crippen molar-refractivity contribution in [3.63, 3.8) is 0 Å². The number of cyclic esters (lactones) is 1. The van der Waals surface area contributed by atoms with Crippen molar-refractivity contribution in [2.24, 2.45) is 5.41 Å². The molecule has 6 nitrogen and oxygen atoms in total. The van der Waals surface area contributed by atoms with Crippen molar-refractivity contribution in [3.05, 3.63) is 35.9 Å². The van der Waals surface area contributed by atoms with Crippen LogP contribution in [0, 0.1) is 5.41 Å². The first-order valence-corrected chi connectivity index (χ1v) is 8.19.